The first kappa shape index (κ1) is 15.6. The Kier molecular flexibility index (Phi) is 4.98. The van der Waals surface area contributed by atoms with Crippen molar-refractivity contribution >= 4 is 28.0 Å². The van der Waals surface area contributed by atoms with Gasteiger partial charge in [-0.3, -0.25) is 0 Å². The first-order valence-corrected chi connectivity index (χ1v) is 7.99. The summed E-state index contributed by atoms with van der Waals surface area (Å²) in [6, 6.07) is 13.2. The monoisotopic (exact) mass is 374 g/mol. The second-order valence-corrected chi connectivity index (χ2v) is 5.89. The number of carbonyl (C=O) groups excluding carboxylic acids is 1. The van der Waals surface area contributed by atoms with Crippen LogP contribution in [0.25, 0.3) is 6.08 Å². The highest BCUT2D eigenvalue weighted by molar-refractivity contribution is 9.10. The summed E-state index contributed by atoms with van der Waals surface area (Å²) < 4.78 is 17.1. The molecule has 0 N–H and O–H groups in total. The molecule has 2 aromatic rings. The third-order valence-electron chi connectivity index (χ3n) is 3.25. The number of hydrogen-bond acceptors (Lipinski definition) is 4. The Morgan fingerprint density at radius 3 is 2.78 bits per heavy atom. The van der Waals surface area contributed by atoms with Crippen molar-refractivity contribution in [2.45, 2.75) is 6.61 Å². The van der Waals surface area contributed by atoms with E-state index < -0.39 is 0 Å². The van der Waals surface area contributed by atoms with E-state index in [1.807, 2.05) is 42.5 Å². The van der Waals surface area contributed by atoms with Crippen molar-refractivity contribution in [3.8, 4) is 11.5 Å². The fourth-order valence-corrected chi connectivity index (χ4v) is 2.60. The third-order valence-corrected chi connectivity index (χ3v) is 3.74. The minimum Gasteiger partial charge on any atom is -0.486 e. The average molecular weight is 375 g/mol. The largest absolute Gasteiger partial charge is 0.486 e. The molecule has 0 saturated heterocycles. The van der Waals surface area contributed by atoms with E-state index in [9.17, 15) is 4.79 Å². The number of esters is 1. The van der Waals surface area contributed by atoms with Crippen molar-refractivity contribution in [2.75, 3.05) is 13.2 Å². The lowest BCUT2D eigenvalue weighted by atomic mass is 10.2. The number of ether oxygens (including phenoxy) is 3. The highest BCUT2D eigenvalue weighted by atomic mass is 79.9. The van der Waals surface area contributed by atoms with E-state index in [4.69, 9.17) is 14.2 Å². The van der Waals surface area contributed by atoms with Crippen LogP contribution in [0.2, 0.25) is 0 Å². The van der Waals surface area contributed by atoms with Gasteiger partial charge >= 0.3 is 5.97 Å². The first-order valence-electron chi connectivity index (χ1n) is 7.20. The molecule has 0 unspecified atom stereocenters. The average Bonchev–Trinajstić information content (AvgIpc) is 2.58. The van der Waals surface area contributed by atoms with Crippen LogP contribution in [0, 0.1) is 0 Å². The Labute approximate surface area is 142 Å². The predicted octanol–water partition coefficient (Wildman–Crippen LogP) is 3.98. The van der Waals surface area contributed by atoms with Crippen molar-refractivity contribution < 1.29 is 19.0 Å². The number of benzene rings is 2. The second kappa shape index (κ2) is 7.33. The molecule has 1 aliphatic rings. The summed E-state index contributed by atoms with van der Waals surface area (Å²) in [5, 5.41) is 0. The first-order chi connectivity index (χ1) is 11.2. The van der Waals surface area contributed by atoms with E-state index in [0.29, 0.717) is 19.0 Å². The maximum Gasteiger partial charge on any atom is 0.331 e. The van der Waals surface area contributed by atoms with Gasteiger partial charge < -0.3 is 14.2 Å². The zero-order valence-corrected chi connectivity index (χ0v) is 13.9. The normalized spacial score (nSPS) is 13.1. The summed E-state index contributed by atoms with van der Waals surface area (Å²) in [6.07, 6.45) is 3.10. The predicted molar refractivity (Wildman–Crippen MR) is 90.4 cm³/mol. The van der Waals surface area contributed by atoms with Gasteiger partial charge in [0, 0.05) is 10.5 Å². The molecule has 0 radical (unpaired) electrons. The zero-order valence-electron chi connectivity index (χ0n) is 12.3. The lowest BCUT2D eigenvalue weighted by molar-refractivity contribution is -0.138. The van der Waals surface area contributed by atoms with Gasteiger partial charge in [0.15, 0.2) is 11.5 Å². The molecule has 0 bridgehead atoms. The molecule has 0 saturated carbocycles. The lowest BCUT2D eigenvalue weighted by Crippen LogP contribution is -2.15. The summed E-state index contributed by atoms with van der Waals surface area (Å²) in [5.74, 6) is 1.03. The van der Waals surface area contributed by atoms with E-state index in [1.54, 1.807) is 6.08 Å². The Morgan fingerprint density at radius 2 is 1.96 bits per heavy atom. The summed E-state index contributed by atoms with van der Waals surface area (Å²) in [7, 11) is 0. The van der Waals surface area contributed by atoms with Gasteiger partial charge in [-0.25, -0.2) is 4.79 Å². The third kappa shape index (κ3) is 4.36. The molecule has 4 nitrogen and oxygen atoms in total. The van der Waals surface area contributed by atoms with Crippen LogP contribution in [0.1, 0.15) is 11.1 Å². The van der Waals surface area contributed by atoms with Gasteiger partial charge in [-0.15, -0.1) is 0 Å². The number of halogens is 1. The molecule has 1 heterocycles. The lowest BCUT2D eigenvalue weighted by Gasteiger charge is -2.18. The molecule has 0 atom stereocenters. The summed E-state index contributed by atoms with van der Waals surface area (Å²) in [6.45, 7) is 1.34. The Bertz CT molecular complexity index is 740. The summed E-state index contributed by atoms with van der Waals surface area (Å²) in [5.41, 5.74) is 1.79. The molecule has 0 aliphatic carbocycles. The van der Waals surface area contributed by atoms with Crippen LogP contribution in [0.3, 0.4) is 0 Å². The summed E-state index contributed by atoms with van der Waals surface area (Å²) in [4.78, 5) is 11.8. The van der Waals surface area contributed by atoms with Crippen molar-refractivity contribution in [2.24, 2.45) is 0 Å². The maximum atomic E-state index is 11.8. The van der Waals surface area contributed by atoms with Crippen LogP contribution in [-0.4, -0.2) is 19.2 Å². The molecule has 23 heavy (non-hydrogen) atoms. The Morgan fingerprint density at radius 1 is 1.13 bits per heavy atom. The Balaban J connectivity index is 1.58. The standard InChI is InChI=1S/C18H15BrO4/c19-15-3-1-2-14(10-15)12-23-18(20)7-5-13-4-6-16-17(11-13)22-9-8-21-16/h1-7,10-11H,8-9,12H2. The van der Waals surface area contributed by atoms with Gasteiger partial charge in [-0.05, 0) is 41.5 Å². The van der Waals surface area contributed by atoms with Gasteiger partial charge in [0.2, 0.25) is 0 Å². The van der Waals surface area contributed by atoms with Gasteiger partial charge in [-0.2, -0.15) is 0 Å². The van der Waals surface area contributed by atoms with Gasteiger partial charge in [0.25, 0.3) is 0 Å². The molecule has 0 fully saturated rings. The molecule has 1 aliphatic heterocycles. The van der Waals surface area contributed by atoms with Gasteiger partial charge in [0.1, 0.15) is 19.8 Å². The second-order valence-electron chi connectivity index (χ2n) is 4.97. The van der Waals surface area contributed by atoms with Crippen LogP contribution in [0.15, 0.2) is 53.0 Å². The maximum absolute atomic E-state index is 11.8. The van der Waals surface area contributed by atoms with E-state index >= 15 is 0 Å². The number of fused-ring (bicyclic) bond motifs is 1. The summed E-state index contributed by atoms with van der Waals surface area (Å²) >= 11 is 3.38. The van der Waals surface area contributed by atoms with Crippen LogP contribution < -0.4 is 9.47 Å². The smallest absolute Gasteiger partial charge is 0.331 e. The van der Waals surface area contributed by atoms with E-state index in [2.05, 4.69) is 15.9 Å². The zero-order chi connectivity index (χ0) is 16.1. The molecule has 2 aromatic carbocycles. The minimum absolute atomic E-state index is 0.240. The Hall–Kier alpha value is -2.27. The number of rotatable bonds is 4. The molecule has 5 heteroatoms. The molecular formula is C18H15BrO4. The van der Waals surface area contributed by atoms with Crippen LogP contribution in [-0.2, 0) is 16.1 Å². The van der Waals surface area contributed by atoms with Crippen LogP contribution in [0.4, 0.5) is 0 Å². The molecule has 3 rings (SSSR count). The van der Waals surface area contributed by atoms with Gasteiger partial charge in [-0.1, -0.05) is 34.1 Å². The van der Waals surface area contributed by atoms with E-state index in [0.717, 1.165) is 21.3 Å². The molecule has 0 aromatic heterocycles. The fourth-order valence-electron chi connectivity index (χ4n) is 2.16. The van der Waals surface area contributed by atoms with Crippen LogP contribution in [0.5, 0.6) is 11.5 Å². The van der Waals surface area contributed by atoms with Crippen molar-refractivity contribution in [1.29, 1.82) is 0 Å². The highest BCUT2D eigenvalue weighted by Crippen LogP contribution is 2.31. The van der Waals surface area contributed by atoms with Crippen LogP contribution >= 0.6 is 15.9 Å². The highest BCUT2D eigenvalue weighted by Gasteiger charge is 2.10. The van der Waals surface area contributed by atoms with Crippen molar-refractivity contribution in [3.05, 3.63) is 64.1 Å². The van der Waals surface area contributed by atoms with Crippen molar-refractivity contribution in [3.63, 3.8) is 0 Å². The van der Waals surface area contributed by atoms with E-state index in [1.165, 1.54) is 6.08 Å². The molecule has 0 spiro atoms. The van der Waals surface area contributed by atoms with E-state index in [-0.39, 0.29) is 12.6 Å². The number of carbonyl (C=O) groups is 1. The topological polar surface area (TPSA) is 44.8 Å². The minimum atomic E-state index is -0.389. The van der Waals surface area contributed by atoms with Gasteiger partial charge in [0.05, 0.1) is 0 Å². The van der Waals surface area contributed by atoms with Crippen molar-refractivity contribution in [1.82, 2.24) is 0 Å². The SMILES string of the molecule is O=C(C=Cc1ccc2c(c1)OCCO2)OCc1cccc(Br)c1. The molecule has 0 amide bonds. The quantitative estimate of drug-likeness (QED) is 0.599. The number of hydrogen-bond donors (Lipinski definition) is 0. The molecule has 118 valence electrons. The fraction of sp³-hybridized carbons (Fsp3) is 0.167. The molecular weight excluding hydrogens is 360 g/mol.